The highest BCUT2D eigenvalue weighted by Crippen LogP contribution is 2.50. The molecule has 0 amide bonds. The van der Waals surface area contributed by atoms with Gasteiger partial charge in [-0.15, -0.1) is 0 Å². The minimum atomic E-state index is 0.877. The van der Waals surface area contributed by atoms with Gasteiger partial charge in [0.05, 0.1) is 23.3 Å². The average molecular weight is 348 g/mol. The lowest BCUT2D eigenvalue weighted by Gasteiger charge is -2.33. The number of anilines is 3. The molecule has 2 heterocycles. The molecule has 0 unspecified atom stereocenters. The van der Waals surface area contributed by atoms with Crippen molar-refractivity contribution in [2.45, 2.75) is 41.5 Å². The van der Waals surface area contributed by atoms with Crippen molar-refractivity contribution in [1.82, 2.24) is 4.98 Å². The van der Waals surface area contributed by atoms with Crippen molar-refractivity contribution in [2.24, 2.45) is 0 Å². The number of rotatable bonds is 1. The predicted molar refractivity (Wildman–Crippen MR) is 111 cm³/mol. The van der Waals surface area contributed by atoms with Crippen molar-refractivity contribution in [1.29, 1.82) is 0 Å². The lowest BCUT2D eigenvalue weighted by Crippen LogP contribution is -2.16. The summed E-state index contributed by atoms with van der Waals surface area (Å²) in [5, 5.41) is 0. The fourth-order valence-electron chi connectivity index (χ4n) is 2.79. The molecule has 0 aliphatic carbocycles. The predicted octanol–water partition coefficient (Wildman–Crippen LogP) is 7.33. The molecule has 4 rings (SSSR count). The molecular weight excluding hydrogens is 320 g/mol. The van der Waals surface area contributed by atoms with E-state index in [0.717, 1.165) is 28.6 Å². The van der Waals surface area contributed by atoms with Gasteiger partial charge in [-0.3, -0.25) is 4.98 Å². The lowest BCUT2D eigenvalue weighted by molar-refractivity contribution is 0.476. The van der Waals surface area contributed by atoms with Gasteiger partial charge < -0.3 is 9.64 Å². The van der Waals surface area contributed by atoms with Crippen LogP contribution in [0.2, 0.25) is 0 Å². The van der Waals surface area contributed by atoms with E-state index in [-0.39, 0.29) is 0 Å². The third-order valence-electron chi connectivity index (χ3n) is 3.84. The van der Waals surface area contributed by atoms with E-state index in [2.05, 4.69) is 66.2 Å². The largest absolute Gasteiger partial charge is 0.453 e. The molecule has 1 aliphatic heterocycles. The molecule has 0 saturated carbocycles. The molecule has 3 aromatic rings. The van der Waals surface area contributed by atoms with E-state index >= 15 is 0 Å². The van der Waals surface area contributed by atoms with E-state index in [1.807, 2.05) is 40.0 Å². The third kappa shape index (κ3) is 3.88. The van der Waals surface area contributed by atoms with E-state index in [1.165, 1.54) is 11.1 Å². The van der Waals surface area contributed by atoms with Crippen LogP contribution in [0.5, 0.6) is 11.5 Å². The van der Waals surface area contributed by atoms with E-state index in [0.29, 0.717) is 0 Å². The first kappa shape index (κ1) is 19.5. The summed E-state index contributed by atoms with van der Waals surface area (Å²) < 4.78 is 6.13. The Morgan fingerprint density at radius 3 is 1.77 bits per heavy atom. The van der Waals surface area contributed by atoms with Gasteiger partial charge in [0.25, 0.3) is 0 Å². The number of hydrogen-bond acceptors (Lipinski definition) is 3. The normalized spacial score (nSPS) is 10.9. The summed E-state index contributed by atoms with van der Waals surface area (Å²) in [5.41, 5.74) is 5.47. The second-order valence-corrected chi connectivity index (χ2v) is 5.59. The minimum absolute atomic E-state index is 0.877. The molecule has 0 fully saturated rings. The number of aryl methyl sites for hydroxylation is 2. The molecule has 26 heavy (non-hydrogen) atoms. The molecule has 3 heteroatoms. The maximum absolute atomic E-state index is 6.13. The molecule has 0 atom stereocenters. The van der Waals surface area contributed by atoms with Gasteiger partial charge in [-0.2, -0.15) is 0 Å². The molecule has 0 radical (unpaired) electrons. The second-order valence-electron chi connectivity index (χ2n) is 5.59. The minimum Gasteiger partial charge on any atom is -0.453 e. The summed E-state index contributed by atoms with van der Waals surface area (Å²) in [6.07, 6.45) is 3.66. The summed E-state index contributed by atoms with van der Waals surface area (Å²) in [7, 11) is 0. The summed E-state index contributed by atoms with van der Waals surface area (Å²) in [6, 6.07) is 16.6. The van der Waals surface area contributed by atoms with E-state index in [1.54, 1.807) is 6.20 Å². The topological polar surface area (TPSA) is 25.4 Å². The van der Waals surface area contributed by atoms with Crippen LogP contribution in [0.15, 0.2) is 60.9 Å². The Hall–Kier alpha value is -2.81. The van der Waals surface area contributed by atoms with Crippen molar-refractivity contribution in [2.75, 3.05) is 4.90 Å². The average Bonchev–Trinajstić information content (AvgIpc) is 2.69. The molecule has 3 nitrogen and oxygen atoms in total. The SMILES string of the molecule is CC.CC.Cc1ccc2c(c1)Oc1cc(C)ccc1N2c1cccnc1. The molecule has 0 spiro atoms. The van der Waals surface area contributed by atoms with Crippen LogP contribution < -0.4 is 9.64 Å². The van der Waals surface area contributed by atoms with Crippen molar-refractivity contribution in [3.05, 3.63) is 72.1 Å². The zero-order valence-corrected chi connectivity index (χ0v) is 16.6. The van der Waals surface area contributed by atoms with Crippen molar-refractivity contribution >= 4 is 17.1 Å². The Labute approximate surface area is 157 Å². The van der Waals surface area contributed by atoms with Gasteiger partial charge in [-0.1, -0.05) is 39.8 Å². The van der Waals surface area contributed by atoms with Crippen molar-refractivity contribution in [3.8, 4) is 11.5 Å². The van der Waals surface area contributed by atoms with Gasteiger partial charge in [-0.05, 0) is 61.4 Å². The standard InChI is InChI=1S/C19H16N2O.2C2H6/c1-13-5-7-16-18(10-13)22-19-11-14(2)6-8-17(19)21(16)15-4-3-9-20-12-15;2*1-2/h3-12H,1-2H3;2*1-2H3. The first-order valence-corrected chi connectivity index (χ1v) is 9.32. The molecule has 2 aromatic carbocycles. The number of pyridine rings is 1. The summed E-state index contributed by atoms with van der Waals surface area (Å²) >= 11 is 0. The highest BCUT2D eigenvalue weighted by Gasteiger charge is 2.25. The number of aromatic nitrogens is 1. The van der Waals surface area contributed by atoms with Gasteiger partial charge in [-0.25, -0.2) is 0 Å². The highest BCUT2D eigenvalue weighted by atomic mass is 16.5. The summed E-state index contributed by atoms with van der Waals surface area (Å²) in [6.45, 7) is 12.1. The van der Waals surface area contributed by atoms with E-state index in [9.17, 15) is 0 Å². The Kier molecular flexibility index (Phi) is 6.79. The van der Waals surface area contributed by atoms with Gasteiger partial charge in [0, 0.05) is 6.20 Å². The maximum atomic E-state index is 6.13. The summed E-state index contributed by atoms with van der Waals surface area (Å²) in [4.78, 5) is 6.45. The molecular formula is C23H28N2O. The van der Waals surface area contributed by atoms with Gasteiger partial charge in [0.15, 0.2) is 11.5 Å². The fourth-order valence-corrected chi connectivity index (χ4v) is 2.79. The van der Waals surface area contributed by atoms with Crippen molar-refractivity contribution < 1.29 is 4.74 Å². The van der Waals surface area contributed by atoms with E-state index < -0.39 is 0 Å². The number of nitrogens with zero attached hydrogens (tertiary/aromatic N) is 2. The quantitative estimate of drug-likeness (QED) is 0.360. The van der Waals surface area contributed by atoms with Gasteiger partial charge in [0.1, 0.15) is 0 Å². The van der Waals surface area contributed by atoms with Crippen LogP contribution in [0.1, 0.15) is 38.8 Å². The molecule has 0 saturated heterocycles. The summed E-state index contributed by atoms with van der Waals surface area (Å²) in [5.74, 6) is 1.75. The van der Waals surface area contributed by atoms with E-state index in [4.69, 9.17) is 4.74 Å². The number of hydrogen-bond donors (Lipinski definition) is 0. The molecule has 0 bridgehead atoms. The third-order valence-corrected chi connectivity index (χ3v) is 3.84. The Bertz CT molecular complexity index is 793. The number of fused-ring (bicyclic) bond motifs is 2. The van der Waals surface area contributed by atoms with Crippen LogP contribution >= 0.6 is 0 Å². The smallest absolute Gasteiger partial charge is 0.151 e. The van der Waals surface area contributed by atoms with Crippen LogP contribution in [-0.2, 0) is 0 Å². The Balaban J connectivity index is 0.000000570. The monoisotopic (exact) mass is 348 g/mol. The molecule has 1 aromatic heterocycles. The molecule has 136 valence electrons. The van der Waals surface area contributed by atoms with Crippen LogP contribution in [-0.4, -0.2) is 4.98 Å². The molecule has 0 N–H and O–H groups in total. The highest BCUT2D eigenvalue weighted by molar-refractivity contribution is 5.86. The first-order chi connectivity index (χ1) is 12.7. The zero-order chi connectivity index (χ0) is 19.1. The number of benzene rings is 2. The number of ether oxygens (including phenoxy) is 1. The zero-order valence-electron chi connectivity index (χ0n) is 16.6. The van der Waals surface area contributed by atoms with Crippen LogP contribution in [0.3, 0.4) is 0 Å². The van der Waals surface area contributed by atoms with Crippen molar-refractivity contribution in [3.63, 3.8) is 0 Å². The fraction of sp³-hybridized carbons (Fsp3) is 0.261. The first-order valence-electron chi connectivity index (χ1n) is 9.32. The van der Waals surface area contributed by atoms with Crippen LogP contribution in [0, 0.1) is 13.8 Å². The Morgan fingerprint density at radius 1 is 0.769 bits per heavy atom. The maximum Gasteiger partial charge on any atom is 0.151 e. The molecule has 1 aliphatic rings. The van der Waals surface area contributed by atoms with Gasteiger partial charge in [0.2, 0.25) is 0 Å². The Morgan fingerprint density at radius 2 is 1.31 bits per heavy atom. The second kappa shape index (κ2) is 9.04. The van der Waals surface area contributed by atoms with Gasteiger partial charge >= 0.3 is 0 Å². The van der Waals surface area contributed by atoms with Crippen LogP contribution in [0.25, 0.3) is 0 Å². The lowest BCUT2D eigenvalue weighted by atomic mass is 10.1. The van der Waals surface area contributed by atoms with Crippen LogP contribution in [0.4, 0.5) is 17.1 Å².